The van der Waals surface area contributed by atoms with Gasteiger partial charge in [-0.3, -0.25) is 14.5 Å². The van der Waals surface area contributed by atoms with Gasteiger partial charge in [0.15, 0.2) is 0 Å². The molecule has 0 radical (unpaired) electrons. The fourth-order valence-corrected chi connectivity index (χ4v) is 10.0. The molecule has 2 fully saturated rings. The molecule has 0 N–H and O–H groups in total. The zero-order valence-corrected chi connectivity index (χ0v) is 35.4. The Morgan fingerprint density at radius 2 is 0.982 bits per heavy atom. The van der Waals surface area contributed by atoms with Gasteiger partial charge in [-0.1, -0.05) is 141 Å². The Morgan fingerprint density at radius 1 is 0.564 bits per heavy atom. The first-order chi connectivity index (χ1) is 26.9. The highest BCUT2D eigenvalue weighted by Crippen LogP contribution is 2.31. The van der Waals surface area contributed by atoms with Crippen LogP contribution < -0.4 is 9.80 Å². The van der Waals surface area contributed by atoms with E-state index in [2.05, 4.69) is 88.2 Å². The molecule has 4 aromatic carbocycles. The van der Waals surface area contributed by atoms with E-state index in [0.29, 0.717) is 30.7 Å². The second kappa shape index (κ2) is 21.2. The molecule has 2 amide bonds. The first kappa shape index (κ1) is 41.2. The monoisotopic (exact) mass is 851 g/mol. The molecule has 5 nitrogen and oxygen atoms in total. The number of hydrogen-bond acceptors (Lipinski definition) is 3. The number of piperidine rings is 1. The third-order valence-electron chi connectivity index (χ3n) is 12.0. The summed E-state index contributed by atoms with van der Waals surface area (Å²) in [4.78, 5) is 31.4. The summed E-state index contributed by atoms with van der Waals surface area (Å²) in [6.45, 7) is 7.95. The second-order valence-corrected chi connectivity index (χ2v) is 17.8. The van der Waals surface area contributed by atoms with Crippen LogP contribution in [-0.4, -0.2) is 52.9 Å². The van der Waals surface area contributed by atoms with Gasteiger partial charge in [0.05, 0.1) is 0 Å². The van der Waals surface area contributed by atoms with Crippen LogP contribution in [0, 0.1) is 11.8 Å². The molecule has 0 spiro atoms. The molecular formula is C49H62IN3O2. The van der Waals surface area contributed by atoms with Crippen molar-refractivity contribution in [2.75, 3.05) is 36.0 Å². The third kappa shape index (κ3) is 11.8. The van der Waals surface area contributed by atoms with Crippen LogP contribution in [0.15, 0.2) is 109 Å². The van der Waals surface area contributed by atoms with Gasteiger partial charge in [-0.05, 0) is 116 Å². The molecular weight excluding hydrogens is 789 g/mol. The van der Waals surface area contributed by atoms with Crippen molar-refractivity contribution in [3.63, 3.8) is 0 Å². The van der Waals surface area contributed by atoms with Gasteiger partial charge in [-0.2, -0.15) is 0 Å². The number of rotatable bonds is 9. The van der Waals surface area contributed by atoms with Gasteiger partial charge < -0.3 is 9.80 Å². The molecule has 1 heterocycles. The van der Waals surface area contributed by atoms with Gasteiger partial charge in [0.1, 0.15) is 0 Å². The minimum Gasteiger partial charge on any atom is -0.312 e. The Kier molecular flexibility index (Phi) is 15.8. The van der Waals surface area contributed by atoms with Crippen LogP contribution in [0.3, 0.4) is 0 Å². The van der Waals surface area contributed by atoms with E-state index in [1.54, 1.807) is 11.1 Å². The predicted octanol–water partition coefficient (Wildman–Crippen LogP) is 10.9. The second-order valence-electron chi connectivity index (χ2n) is 16.0. The summed E-state index contributed by atoms with van der Waals surface area (Å²) in [7, 11) is 0. The Hall–Kier alpha value is -3.49. The maximum absolute atomic E-state index is 12.6. The Bertz CT molecular complexity index is 1730. The van der Waals surface area contributed by atoms with Crippen LogP contribution in [0.25, 0.3) is 0 Å². The van der Waals surface area contributed by atoms with Crippen molar-refractivity contribution in [2.24, 2.45) is 11.8 Å². The van der Waals surface area contributed by atoms with Crippen LogP contribution in [0.1, 0.15) is 93.9 Å². The van der Waals surface area contributed by atoms with E-state index >= 15 is 0 Å². The standard InChI is InChI=1S/C24H30N2O.C16H23NO.C9H9I/c1-2-24(27)26(22-12-4-3-5-13-22)18-19-9-8-14-25(17-19)23-15-20-10-6-7-11-21(20)16-23;1-2-16(18)17(15-11-7-4-8-12-15)13-14-9-5-3-6-10-14;10-9-5-7-3-1-2-4-8(7)6-9/h3-7,10-13,19,23H,2,8-9,14-18H2,1H3;4,7-8,11-12,14H,2-3,5-6,9-10,13H2,1H3;1-4,9H,5-6H2/t19-;;/m1../s1. The van der Waals surface area contributed by atoms with Crippen molar-refractivity contribution in [1.29, 1.82) is 0 Å². The van der Waals surface area contributed by atoms with Gasteiger partial charge in [-0.15, -0.1) is 0 Å². The number of likely N-dealkylation sites (tertiary alicyclic amines) is 1. The molecule has 8 rings (SSSR count). The van der Waals surface area contributed by atoms with Crippen molar-refractivity contribution >= 4 is 45.8 Å². The van der Waals surface area contributed by atoms with E-state index in [4.69, 9.17) is 0 Å². The lowest BCUT2D eigenvalue weighted by atomic mass is 9.89. The number of amides is 2. The van der Waals surface area contributed by atoms with Crippen molar-refractivity contribution in [3.05, 3.63) is 131 Å². The molecule has 4 aromatic rings. The van der Waals surface area contributed by atoms with E-state index < -0.39 is 0 Å². The van der Waals surface area contributed by atoms with Crippen molar-refractivity contribution in [1.82, 2.24) is 4.90 Å². The number of fused-ring (bicyclic) bond motifs is 2. The fraction of sp³-hybridized carbons (Fsp3) is 0.469. The lowest BCUT2D eigenvalue weighted by molar-refractivity contribution is -0.119. The quantitative estimate of drug-likeness (QED) is 0.124. The smallest absolute Gasteiger partial charge is 0.226 e. The highest BCUT2D eigenvalue weighted by Gasteiger charge is 2.32. The predicted molar refractivity (Wildman–Crippen MR) is 238 cm³/mol. The van der Waals surface area contributed by atoms with Crippen molar-refractivity contribution < 1.29 is 9.59 Å². The van der Waals surface area contributed by atoms with Gasteiger partial charge in [0, 0.05) is 53.8 Å². The van der Waals surface area contributed by atoms with Gasteiger partial charge >= 0.3 is 0 Å². The number of para-hydroxylation sites is 2. The van der Waals surface area contributed by atoms with Gasteiger partial charge in [-0.25, -0.2) is 0 Å². The zero-order valence-electron chi connectivity index (χ0n) is 33.3. The van der Waals surface area contributed by atoms with Crippen molar-refractivity contribution in [2.45, 2.75) is 107 Å². The molecule has 1 saturated carbocycles. The lowest BCUT2D eigenvalue weighted by Gasteiger charge is -2.38. The Balaban J connectivity index is 0.000000157. The first-order valence-corrected chi connectivity index (χ1v) is 22.4. The molecule has 55 heavy (non-hydrogen) atoms. The summed E-state index contributed by atoms with van der Waals surface area (Å²) in [5.41, 5.74) is 8.25. The maximum Gasteiger partial charge on any atom is 0.226 e. The number of alkyl halides is 1. The third-order valence-corrected chi connectivity index (χ3v) is 12.9. The summed E-state index contributed by atoms with van der Waals surface area (Å²) in [6, 6.07) is 38.5. The number of carbonyl (C=O) groups excluding carboxylic acids is 2. The highest BCUT2D eigenvalue weighted by molar-refractivity contribution is 14.1. The van der Waals surface area contributed by atoms with E-state index in [0.717, 1.165) is 34.9 Å². The van der Waals surface area contributed by atoms with Crippen LogP contribution in [0.5, 0.6) is 0 Å². The minimum absolute atomic E-state index is 0.228. The lowest BCUT2D eigenvalue weighted by Crippen LogP contribution is -2.47. The number of benzene rings is 4. The largest absolute Gasteiger partial charge is 0.312 e. The molecule has 4 aliphatic rings. The van der Waals surface area contributed by atoms with Crippen LogP contribution >= 0.6 is 22.6 Å². The van der Waals surface area contributed by atoms with Crippen molar-refractivity contribution in [3.8, 4) is 0 Å². The number of halogens is 1. The number of anilines is 2. The molecule has 0 bridgehead atoms. The van der Waals surface area contributed by atoms with E-state index in [9.17, 15) is 9.59 Å². The average molecular weight is 852 g/mol. The topological polar surface area (TPSA) is 43.9 Å². The first-order valence-electron chi connectivity index (χ1n) is 21.1. The fourth-order valence-electron chi connectivity index (χ4n) is 9.06. The van der Waals surface area contributed by atoms with E-state index in [1.165, 1.54) is 88.3 Å². The number of nitrogens with zero attached hydrogens (tertiary/aromatic N) is 3. The normalized spacial score (nSPS) is 18.6. The summed E-state index contributed by atoms with van der Waals surface area (Å²) < 4.78 is 0.843. The minimum atomic E-state index is 0.228. The summed E-state index contributed by atoms with van der Waals surface area (Å²) in [5, 5.41) is 0. The molecule has 1 aliphatic heterocycles. The highest BCUT2D eigenvalue weighted by atomic mass is 127. The number of hydrogen-bond donors (Lipinski definition) is 0. The maximum atomic E-state index is 12.6. The summed E-state index contributed by atoms with van der Waals surface area (Å²) in [6.07, 6.45) is 15.1. The molecule has 6 heteroatoms. The number of carbonyl (C=O) groups is 2. The molecule has 1 saturated heterocycles. The van der Waals surface area contributed by atoms with E-state index in [-0.39, 0.29) is 11.8 Å². The van der Waals surface area contributed by atoms with Gasteiger partial charge in [0.25, 0.3) is 0 Å². The van der Waals surface area contributed by atoms with Crippen LogP contribution in [-0.2, 0) is 35.3 Å². The molecule has 3 aliphatic carbocycles. The summed E-state index contributed by atoms with van der Waals surface area (Å²) in [5.74, 6) is 1.71. The van der Waals surface area contributed by atoms with Gasteiger partial charge in [0.2, 0.25) is 11.8 Å². The average Bonchev–Trinajstić information content (AvgIpc) is 3.86. The molecule has 1 atom stereocenters. The Labute approximate surface area is 345 Å². The SMILES string of the molecule is CCC(=O)N(CC1CCCCC1)c1ccccc1.CCC(=O)N(C[C@@H]1CCCN(C2Cc3ccccc3C2)C1)c1ccccc1.IC1Cc2ccccc2C1. The van der Waals surface area contributed by atoms with Crippen LogP contribution in [0.4, 0.5) is 11.4 Å². The molecule has 0 aromatic heterocycles. The molecule has 292 valence electrons. The zero-order chi connectivity index (χ0) is 38.4. The van der Waals surface area contributed by atoms with Crippen LogP contribution in [0.2, 0.25) is 0 Å². The summed E-state index contributed by atoms with van der Waals surface area (Å²) >= 11 is 2.53. The van der Waals surface area contributed by atoms with E-state index in [1.807, 2.05) is 72.2 Å². The Morgan fingerprint density at radius 3 is 1.45 bits per heavy atom. The molecule has 0 unspecified atom stereocenters.